The van der Waals surface area contributed by atoms with Crippen LogP contribution in [0.4, 0.5) is 0 Å². The van der Waals surface area contributed by atoms with Gasteiger partial charge in [-0.05, 0) is 37.0 Å². The van der Waals surface area contributed by atoms with Crippen molar-refractivity contribution in [1.29, 1.82) is 0 Å². The second kappa shape index (κ2) is 7.03. The molecule has 0 radical (unpaired) electrons. The Labute approximate surface area is 108 Å². The van der Waals surface area contributed by atoms with E-state index in [0.717, 1.165) is 18.3 Å². The lowest BCUT2D eigenvalue weighted by Crippen LogP contribution is -2.21. The summed E-state index contributed by atoms with van der Waals surface area (Å²) in [6.45, 7) is 4.55. The Morgan fingerprint density at radius 1 is 1.56 bits per heavy atom. The molecule has 16 heavy (non-hydrogen) atoms. The lowest BCUT2D eigenvalue weighted by Gasteiger charge is -2.16. The first-order valence-electron chi connectivity index (χ1n) is 6.39. The zero-order valence-corrected chi connectivity index (χ0v) is 12.6. The molecule has 1 nitrogen and oxygen atoms in total. The lowest BCUT2D eigenvalue weighted by molar-refractivity contribution is 0.423. The third-order valence-corrected chi connectivity index (χ3v) is 4.84. The Morgan fingerprint density at radius 3 is 2.75 bits per heavy atom. The van der Waals surface area contributed by atoms with Gasteiger partial charge in [-0.15, -0.1) is 9.24 Å². The molecule has 0 aromatic heterocycles. The minimum atomic E-state index is -0.00523. The second-order valence-corrected chi connectivity index (χ2v) is 6.69. The van der Waals surface area contributed by atoms with E-state index in [4.69, 9.17) is 5.73 Å². The lowest BCUT2D eigenvalue weighted by atomic mass is 9.94. The predicted octanol–water partition coefficient (Wildman–Crippen LogP) is 3.81. The summed E-state index contributed by atoms with van der Waals surface area (Å²) in [7, 11) is 2.86. The van der Waals surface area contributed by atoms with Crippen LogP contribution in [0, 0.1) is 17.8 Å². The van der Waals surface area contributed by atoms with Gasteiger partial charge in [0.1, 0.15) is 0 Å². The molecule has 5 atom stereocenters. The van der Waals surface area contributed by atoms with Crippen LogP contribution < -0.4 is 5.73 Å². The van der Waals surface area contributed by atoms with Crippen molar-refractivity contribution in [2.24, 2.45) is 23.5 Å². The minimum absolute atomic E-state index is 0.00523. The maximum absolute atomic E-state index is 5.75. The summed E-state index contributed by atoms with van der Waals surface area (Å²) >= 11 is 4.28. The molecule has 0 aromatic carbocycles. The van der Waals surface area contributed by atoms with E-state index in [0.29, 0.717) is 5.92 Å². The average Bonchev–Trinajstić information content (AvgIpc) is 2.61. The molecule has 1 aliphatic carbocycles. The molecule has 0 aliphatic heterocycles. The van der Waals surface area contributed by atoms with Gasteiger partial charge in [0.25, 0.3) is 0 Å². The highest BCUT2D eigenvalue weighted by Crippen LogP contribution is 2.34. The first kappa shape index (κ1) is 14.5. The highest BCUT2D eigenvalue weighted by Gasteiger charge is 2.22. The summed E-state index contributed by atoms with van der Waals surface area (Å²) < 4.78 is 0. The molecule has 2 N–H and O–H groups in total. The second-order valence-electron chi connectivity index (χ2n) is 5.36. The molecular formula is C13H26NPS. The van der Waals surface area contributed by atoms with Crippen LogP contribution in [0.2, 0.25) is 0 Å². The monoisotopic (exact) mass is 259 g/mol. The standard InChI is InChI=1S/C13H26NPS/c1-9-4-3-5-11(9)6-7-12(15)8-10(2)13(14)16/h7,9-11,13,16H,3-6,8,14-15H2,1-2H3/b12-7-. The van der Waals surface area contributed by atoms with Gasteiger partial charge in [0.05, 0.1) is 5.37 Å². The Bertz CT molecular complexity index is 240. The molecule has 1 rings (SSSR count). The van der Waals surface area contributed by atoms with Crippen molar-refractivity contribution >= 4 is 21.9 Å². The van der Waals surface area contributed by atoms with Crippen molar-refractivity contribution in [1.82, 2.24) is 0 Å². The summed E-state index contributed by atoms with van der Waals surface area (Å²) in [5.41, 5.74) is 5.75. The van der Waals surface area contributed by atoms with Gasteiger partial charge in [-0.25, -0.2) is 0 Å². The van der Waals surface area contributed by atoms with Crippen LogP contribution in [-0.2, 0) is 0 Å². The summed E-state index contributed by atoms with van der Waals surface area (Å²) in [5.74, 6) is 2.28. The van der Waals surface area contributed by atoms with Crippen LogP contribution in [0.5, 0.6) is 0 Å². The molecule has 1 fully saturated rings. The maximum Gasteiger partial charge on any atom is 0.0506 e. The molecule has 0 bridgehead atoms. The van der Waals surface area contributed by atoms with Gasteiger partial charge in [-0.2, -0.15) is 12.6 Å². The van der Waals surface area contributed by atoms with Crippen LogP contribution in [0.1, 0.15) is 46.0 Å². The van der Waals surface area contributed by atoms with Crippen LogP contribution in [0.3, 0.4) is 0 Å². The molecule has 0 amide bonds. The molecule has 94 valence electrons. The molecule has 0 spiro atoms. The zero-order chi connectivity index (χ0) is 12.1. The third-order valence-electron chi connectivity index (χ3n) is 3.86. The zero-order valence-electron chi connectivity index (χ0n) is 10.5. The molecule has 0 aromatic rings. The number of thiol groups is 1. The van der Waals surface area contributed by atoms with Crippen molar-refractivity contribution in [2.75, 3.05) is 0 Å². The molecule has 1 aliphatic rings. The summed E-state index contributed by atoms with van der Waals surface area (Å²) in [6, 6.07) is 0. The van der Waals surface area contributed by atoms with E-state index >= 15 is 0 Å². The smallest absolute Gasteiger partial charge is 0.0506 e. The van der Waals surface area contributed by atoms with Crippen molar-refractivity contribution in [3.05, 3.63) is 11.4 Å². The number of allylic oxidation sites excluding steroid dienone is 2. The topological polar surface area (TPSA) is 26.0 Å². The number of rotatable bonds is 5. The van der Waals surface area contributed by atoms with Crippen LogP contribution >= 0.6 is 21.9 Å². The van der Waals surface area contributed by atoms with Crippen molar-refractivity contribution in [3.8, 4) is 0 Å². The van der Waals surface area contributed by atoms with Gasteiger partial charge < -0.3 is 5.73 Å². The fourth-order valence-electron chi connectivity index (χ4n) is 2.45. The van der Waals surface area contributed by atoms with E-state index in [2.05, 4.69) is 41.8 Å². The third kappa shape index (κ3) is 4.77. The quantitative estimate of drug-likeness (QED) is 0.438. The van der Waals surface area contributed by atoms with Gasteiger partial charge in [-0.1, -0.05) is 38.1 Å². The van der Waals surface area contributed by atoms with Crippen LogP contribution in [-0.4, -0.2) is 5.37 Å². The van der Waals surface area contributed by atoms with E-state index in [1.54, 1.807) is 0 Å². The number of nitrogens with two attached hydrogens (primary N) is 1. The Kier molecular flexibility index (Phi) is 6.39. The highest BCUT2D eigenvalue weighted by atomic mass is 32.1. The first-order chi connectivity index (χ1) is 7.50. The number of hydrogen-bond donors (Lipinski definition) is 2. The molecule has 3 heteroatoms. The normalized spacial score (nSPS) is 30.4. The summed E-state index contributed by atoms with van der Waals surface area (Å²) in [5, 5.41) is 1.39. The van der Waals surface area contributed by atoms with E-state index in [-0.39, 0.29) is 5.37 Å². The molecule has 0 heterocycles. The van der Waals surface area contributed by atoms with E-state index in [1.165, 1.54) is 31.0 Å². The predicted molar refractivity (Wildman–Crippen MR) is 79.7 cm³/mol. The minimum Gasteiger partial charge on any atom is -0.319 e. The van der Waals surface area contributed by atoms with E-state index in [9.17, 15) is 0 Å². The Balaban J connectivity index is 2.33. The molecule has 1 saturated carbocycles. The number of hydrogen-bond acceptors (Lipinski definition) is 2. The fraction of sp³-hybridized carbons (Fsp3) is 0.846. The van der Waals surface area contributed by atoms with E-state index < -0.39 is 0 Å². The molecule has 5 unspecified atom stereocenters. The van der Waals surface area contributed by atoms with Crippen LogP contribution in [0.15, 0.2) is 11.4 Å². The van der Waals surface area contributed by atoms with Gasteiger partial charge in [-0.3, -0.25) is 0 Å². The maximum atomic E-state index is 5.75. The summed E-state index contributed by atoms with van der Waals surface area (Å²) in [4.78, 5) is 0. The van der Waals surface area contributed by atoms with Gasteiger partial charge in [0, 0.05) is 0 Å². The molecular weight excluding hydrogens is 233 g/mol. The largest absolute Gasteiger partial charge is 0.319 e. The fourth-order valence-corrected chi connectivity index (χ4v) is 3.06. The average molecular weight is 259 g/mol. The highest BCUT2D eigenvalue weighted by molar-refractivity contribution is 7.80. The van der Waals surface area contributed by atoms with E-state index in [1.807, 2.05) is 0 Å². The summed E-state index contributed by atoms with van der Waals surface area (Å²) in [6.07, 6.45) is 8.94. The SMILES string of the molecule is CC(C/C(P)=C/CC1CCCC1C)C(N)S. The molecule has 0 saturated heterocycles. The van der Waals surface area contributed by atoms with Crippen molar-refractivity contribution < 1.29 is 0 Å². The van der Waals surface area contributed by atoms with Gasteiger partial charge in [0.2, 0.25) is 0 Å². The van der Waals surface area contributed by atoms with Crippen LogP contribution in [0.25, 0.3) is 0 Å². The first-order valence-corrected chi connectivity index (χ1v) is 7.48. The Morgan fingerprint density at radius 2 is 2.25 bits per heavy atom. The Hall–Kier alpha value is 0.480. The van der Waals surface area contributed by atoms with Gasteiger partial charge in [0.15, 0.2) is 0 Å². The van der Waals surface area contributed by atoms with Crippen molar-refractivity contribution in [2.45, 2.75) is 51.3 Å². The van der Waals surface area contributed by atoms with Gasteiger partial charge >= 0.3 is 0 Å². The van der Waals surface area contributed by atoms with Crippen molar-refractivity contribution in [3.63, 3.8) is 0 Å².